The molecule has 2 aliphatic rings. The number of anilines is 2. The van der Waals surface area contributed by atoms with Crippen molar-refractivity contribution in [3.05, 3.63) is 12.4 Å². The molecule has 1 atom stereocenters. The number of nitrogens with one attached hydrogen (secondary N) is 1. The molecule has 7 nitrogen and oxygen atoms in total. The van der Waals surface area contributed by atoms with Gasteiger partial charge in [-0.05, 0) is 19.8 Å². The molecule has 0 aromatic carbocycles. The topological polar surface area (TPSA) is 79.7 Å². The minimum atomic E-state index is -0.486. The molecule has 2 fully saturated rings. The second kappa shape index (κ2) is 6.76. The molecule has 1 unspecified atom stereocenters. The third kappa shape index (κ3) is 3.48. The Labute approximate surface area is 130 Å². The highest BCUT2D eigenvalue weighted by molar-refractivity contribution is 5.49. The lowest BCUT2D eigenvalue weighted by Gasteiger charge is -2.24. The maximum absolute atomic E-state index is 9.43. The van der Waals surface area contributed by atoms with Gasteiger partial charge in [-0.1, -0.05) is 0 Å². The Hall–Kier alpha value is -1.44. The fourth-order valence-corrected chi connectivity index (χ4v) is 3.05. The molecule has 2 saturated heterocycles. The van der Waals surface area contributed by atoms with Gasteiger partial charge >= 0.3 is 0 Å². The van der Waals surface area contributed by atoms with Gasteiger partial charge in [-0.15, -0.1) is 0 Å². The van der Waals surface area contributed by atoms with Gasteiger partial charge in [0.1, 0.15) is 18.0 Å². The summed E-state index contributed by atoms with van der Waals surface area (Å²) in [5.41, 5.74) is 0. The van der Waals surface area contributed by atoms with Crippen molar-refractivity contribution >= 4 is 11.6 Å². The van der Waals surface area contributed by atoms with Crippen molar-refractivity contribution in [2.45, 2.75) is 38.0 Å². The Bertz CT molecular complexity index is 493. The minimum absolute atomic E-state index is 0.166. The van der Waals surface area contributed by atoms with Crippen LogP contribution in [0.2, 0.25) is 0 Å². The Morgan fingerprint density at radius 1 is 1.41 bits per heavy atom. The van der Waals surface area contributed by atoms with Crippen LogP contribution in [-0.4, -0.2) is 59.8 Å². The van der Waals surface area contributed by atoms with Crippen molar-refractivity contribution < 1.29 is 14.6 Å². The molecule has 122 valence electrons. The molecule has 3 heterocycles. The van der Waals surface area contributed by atoms with Crippen LogP contribution in [0.1, 0.15) is 26.2 Å². The predicted octanol–water partition coefficient (Wildman–Crippen LogP) is 1.00. The summed E-state index contributed by atoms with van der Waals surface area (Å²) in [4.78, 5) is 10.7. The highest BCUT2D eigenvalue weighted by atomic mass is 16.7. The quantitative estimate of drug-likeness (QED) is 0.811. The van der Waals surface area contributed by atoms with Gasteiger partial charge in [0.05, 0.1) is 25.9 Å². The molecule has 0 saturated carbocycles. The SMILES string of the molecule is CC1(CCNc2cc(N3CCCC3CO)ncn2)OCCO1. The fourth-order valence-electron chi connectivity index (χ4n) is 3.05. The number of nitrogens with zero attached hydrogens (tertiary/aromatic N) is 3. The van der Waals surface area contributed by atoms with Gasteiger partial charge < -0.3 is 24.8 Å². The molecule has 0 bridgehead atoms. The van der Waals surface area contributed by atoms with Gasteiger partial charge in [0.2, 0.25) is 0 Å². The van der Waals surface area contributed by atoms with Gasteiger partial charge in [-0.3, -0.25) is 0 Å². The molecular weight excluding hydrogens is 284 g/mol. The Morgan fingerprint density at radius 2 is 2.23 bits per heavy atom. The second-order valence-electron chi connectivity index (χ2n) is 5.94. The molecule has 2 aliphatic heterocycles. The molecular formula is C15H24N4O3. The molecule has 0 amide bonds. The monoisotopic (exact) mass is 308 g/mol. The zero-order valence-electron chi connectivity index (χ0n) is 13.0. The molecule has 2 N–H and O–H groups in total. The lowest BCUT2D eigenvalue weighted by molar-refractivity contribution is -0.144. The van der Waals surface area contributed by atoms with E-state index in [1.807, 2.05) is 13.0 Å². The molecule has 0 spiro atoms. The Morgan fingerprint density at radius 3 is 3.00 bits per heavy atom. The number of aliphatic hydroxyl groups is 1. The van der Waals surface area contributed by atoms with Crippen LogP contribution in [0.25, 0.3) is 0 Å². The lowest BCUT2D eigenvalue weighted by atomic mass is 10.2. The van der Waals surface area contributed by atoms with E-state index in [4.69, 9.17) is 9.47 Å². The van der Waals surface area contributed by atoms with Gasteiger partial charge in [-0.2, -0.15) is 0 Å². The van der Waals surface area contributed by atoms with Crippen LogP contribution in [0.5, 0.6) is 0 Å². The number of aliphatic hydroxyl groups excluding tert-OH is 1. The van der Waals surface area contributed by atoms with Crippen LogP contribution < -0.4 is 10.2 Å². The van der Waals surface area contributed by atoms with Gasteiger partial charge in [0.25, 0.3) is 0 Å². The summed E-state index contributed by atoms with van der Waals surface area (Å²) in [7, 11) is 0. The van der Waals surface area contributed by atoms with E-state index in [0.29, 0.717) is 13.2 Å². The van der Waals surface area contributed by atoms with E-state index in [1.165, 1.54) is 0 Å². The smallest absolute Gasteiger partial charge is 0.167 e. The average Bonchev–Trinajstić information content (AvgIpc) is 3.16. The van der Waals surface area contributed by atoms with E-state index in [2.05, 4.69) is 20.2 Å². The molecule has 7 heteroatoms. The zero-order valence-corrected chi connectivity index (χ0v) is 13.0. The molecule has 3 rings (SSSR count). The largest absolute Gasteiger partial charge is 0.394 e. The standard InChI is InChI=1S/C15H24N4O3/c1-15(21-7-8-22-15)4-5-16-13-9-14(18-11-17-13)19-6-2-3-12(19)10-20/h9,11-12,20H,2-8,10H2,1H3,(H,16,17,18). The van der Waals surface area contributed by atoms with Crippen LogP contribution in [0.15, 0.2) is 12.4 Å². The maximum atomic E-state index is 9.43. The summed E-state index contributed by atoms with van der Waals surface area (Å²) in [6.07, 6.45) is 4.42. The van der Waals surface area contributed by atoms with E-state index in [1.54, 1.807) is 6.33 Å². The Kier molecular flexibility index (Phi) is 4.75. The van der Waals surface area contributed by atoms with E-state index in [9.17, 15) is 5.11 Å². The molecule has 22 heavy (non-hydrogen) atoms. The summed E-state index contributed by atoms with van der Waals surface area (Å²) in [6, 6.07) is 2.11. The summed E-state index contributed by atoms with van der Waals surface area (Å²) < 4.78 is 11.2. The van der Waals surface area contributed by atoms with Crippen molar-refractivity contribution in [1.82, 2.24) is 9.97 Å². The first-order chi connectivity index (χ1) is 10.7. The van der Waals surface area contributed by atoms with Crippen molar-refractivity contribution in [2.75, 3.05) is 43.1 Å². The fraction of sp³-hybridized carbons (Fsp3) is 0.733. The molecule has 0 radical (unpaired) electrons. The van der Waals surface area contributed by atoms with Crippen molar-refractivity contribution in [3.63, 3.8) is 0 Å². The highest BCUT2D eigenvalue weighted by Gasteiger charge is 2.30. The number of ether oxygens (including phenoxy) is 2. The Balaban J connectivity index is 1.57. The third-order valence-corrected chi connectivity index (χ3v) is 4.32. The van der Waals surface area contributed by atoms with Crippen LogP contribution >= 0.6 is 0 Å². The van der Waals surface area contributed by atoms with Crippen molar-refractivity contribution in [1.29, 1.82) is 0 Å². The van der Waals surface area contributed by atoms with E-state index < -0.39 is 5.79 Å². The maximum Gasteiger partial charge on any atom is 0.167 e. The average molecular weight is 308 g/mol. The third-order valence-electron chi connectivity index (χ3n) is 4.32. The van der Waals surface area contributed by atoms with Crippen molar-refractivity contribution in [3.8, 4) is 0 Å². The van der Waals surface area contributed by atoms with Crippen LogP contribution in [0.3, 0.4) is 0 Å². The molecule has 0 aliphatic carbocycles. The summed E-state index contributed by atoms with van der Waals surface area (Å²) in [6.45, 7) is 5.10. The predicted molar refractivity (Wildman–Crippen MR) is 82.9 cm³/mol. The van der Waals surface area contributed by atoms with E-state index in [-0.39, 0.29) is 12.6 Å². The van der Waals surface area contributed by atoms with E-state index in [0.717, 1.165) is 44.0 Å². The first-order valence-corrected chi connectivity index (χ1v) is 7.91. The van der Waals surface area contributed by atoms with Crippen LogP contribution in [0.4, 0.5) is 11.6 Å². The molecule has 1 aromatic rings. The van der Waals surface area contributed by atoms with Crippen LogP contribution in [0, 0.1) is 0 Å². The van der Waals surface area contributed by atoms with Crippen molar-refractivity contribution in [2.24, 2.45) is 0 Å². The lowest BCUT2D eigenvalue weighted by Crippen LogP contribution is -2.32. The van der Waals surface area contributed by atoms with E-state index >= 15 is 0 Å². The normalized spacial score (nSPS) is 23.9. The summed E-state index contributed by atoms with van der Waals surface area (Å²) >= 11 is 0. The van der Waals surface area contributed by atoms with Gasteiger partial charge in [-0.25, -0.2) is 9.97 Å². The first kappa shape index (κ1) is 15.5. The van der Waals surface area contributed by atoms with Gasteiger partial charge in [0.15, 0.2) is 5.79 Å². The number of hydrogen-bond acceptors (Lipinski definition) is 7. The number of rotatable bonds is 6. The minimum Gasteiger partial charge on any atom is -0.394 e. The van der Waals surface area contributed by atoms with Crippen LogP contribution in [-0.2, 0) is 9.47 Å². The summed E-state index contributed by atoms with van der Waals surface area (Å²) in [5.74, 6) is 1.17. The number of hydrogen-bond donors (Lipinski definition) is 2. The molecule has 1 aromatic heterocycles. The highest BCUT2D eigenvalue weighted by Crippen LogP contribution is 2.25. The van der Waals surface area contributed by atoms with Gasteiger partial charge in [0, 0.05) is 25.6 Å². The summed E-state index contributed by atoms with van der Waals surface area (Å²) in [5, 5.41) is 12.7. The number of aromatic nitrogens is 2. The first-order valence-electron chi connectivity index (χ1n) is 7.91. The second-order valence-corrected chi connectivity index (χ2v) is 5.94. The zero-order chi connectivity index (χ0) is 15.4.